The van der Waals surface area contributed by atoms with Crippen LogP contribution in [-0.4, -0.2) is 45.8 Å². The van der Waals surface area contributed by atoms with Gasteiger partial charge in [0.25, 0.3) is 0 Å². The molecule has 2 heterocycles. The molecule has 0 amide bonds. The lowest BCUT2D eigenvalue weighted by Gasteiger charge is -2.31. The highest BCUT2D eigenvalue weighted by atomic mass is 19.1. The lowest BCUT2D eigenvalue weighted by molar-refractivity contribution is 0.186. The van der Waals surface area contributed by atoms with Crippen molar-refractivity contribution in [2.24, 2.45) is 0 Å². The highest BCUT2D eigenvalue weighted by Gasteiger charge is 2.20. The molecule has 0 bridgehead atoms. The number of benzene rings is 1. The van der Waals surface area contributed by atoms with Gasteiger partial charge in [-0.15, -0.1) is 0 Å². The fourth-order valence-electron chi connectivity index (χ4n) is 2.98. The van der Waals surface area contributed by atoms with Crippen LogP contribution in [0, 0.1) is 12.7 Å². The summed E-state index contributed by atoms with van der Waals surface area (Å²) in [7, 11) is 2.12. The minimum absolute atomic E-state index is 0.261. The van der Waals surface area contributed by atoms with Crippen LogP contribution >= 0.6 is 0 Å². The number of nitrogens with one attached hydrogen (secondary N) is 1. The summed E-state index contributed by atoms with van der Waals surface area (Å²) in [6.45, 7) is 4.70. The molecule has 1 saturated heterocycles. The maximum Gasteiger partial charge on any atom is 0.148 e. The average molecular weight is 303 g/mol. The Morgan fingerprint density at radius 3 is 2.86 bits per heavy atom. The van der Waals surface area contributed by atoms with Crippen LogP contribution < -0.4 is 5.32 Å². The Morgan fingerprint density at radius 2 is 2.14 bits per heavy atom. The van der Waals surface area contributed by atoms with Crippen LogP contribution in [0.15, 0.2) is 24.3 Å². The van der Waals surface area contributed by atoms with Gasteiger partial charge in [-0.3, -0.25) is 4.90 Å². The van der Waals surface area contributed by atoms with Crippen molar-refractivity contribution >= 4 is 0 Å². The lowest BCUT2D eigenvalue weighted by atomic mass is 10.1. The van der Waals surface area contributed by atoms with E-state index in [1.165, 1.54) is 12.1 Å². The molecule has 0 saturated carbocycles. The Hall–Kier alpha value is -1.79. The summed E-state index contributed by atoms with van der Waals surface area (Å²) in [5.41, 5.74) is 0.717. The van der Waals surface area contributed by atoms with E-state index in [0.717, 1.165) is 31.8 Å². The third-order valence-electron chi connectivity index (χ3n) is 4.16. The number of piperidine rings is 1. The predicted octanol–water partition coefficient (Wildman–Crippen LogP) is 1.90. The Bertz CT molecular complexity index is 633. The van der Waals surface area contributed by atoms with E-state index in [4.69, 9.17) is 0 Å². The lowest BCUT2D eigenvalue weighted by Crippen LogP contribution is -2.41. The van der Waals surface area contributed by atoms with E-state index in [0.29, 0.717) is 24.1 Å². The second-order valence-electron chi connectivity index (χ2n) is 5.86. The number of hydrogen-bond acceptors (Lipinski definition) is 4. The van der Waals surface area contributed by atoms with Crippen LogP contribution in [0.3, 0.4) is 0 Å². The molecule has 1 aliphatic heterocycles. The van der Waals surface area contributed by atoms with Gasteiger partial charge in [0.1, 0.15) is 17.5 Å². The van der Waals surface area contributed by atoms with Gasteiger partial charge in [0.15, 0.2) is 0 Å². The molecule has 0 spiro atoms. The van der Waals surface area contributed by atoms with Crippen molar-refractivity contribution in [3.05, 3.63) is 41.7 Å². The van der Waals surface area contributed by atoms with E-state index >= 15 is 0 Å². The zero-order valence-electron chi connectivity index (χ0n) is 13.1. The molecule has 0 unspecified atom stereocenters. The van der Waals surface area contributed by atoms with Gasteiger partial charge in [-0.2, -0.15) is 5.10 Å². The van der Waals surface area contributed by atoms with Crippen LogP contribution in [0.5, 0.6) is 0 Å². The smallest absolute Gasteiger partial charge is 0.148 e. The van der Waals surface area contributed by atoms with Gasteiger partial charge in [-0.25, -0.2) is 14.1 Å². The van der Waals surface area contributed by atoms with Crippen molar-refractivity contribution in [1.29, 1.82) is 0 Å². The van der Waals surface area contributed by atoms with Crippen molar-refractivity contribution in [2.75, 3.05) is 20.1 Å². The molecule has 2 aromatic rings. The van der Waals surface area contributed by atoms with Crippen molar-refractivity contribution in [3.8, 4) is 5.69 Å². The summed E-state index contributed by atoms with van der Waals surface area (Å²) >= 11 is 0. The molecule has 1 fully saturated rings. The minimum atomic E-state index is -0.261. The van der Waals surface area contributed by atoms with Crippen molar-refractivity contribution in [2.45, 2.75) is 32.4 Å². The molecule has 1 aromatic heterocycles. The summed E-state index contributed by atoms with van der Waals surface area (Å²) in [5, 5.41) is 7.80. The molecular formula is C16H22FN5. The highest BCUT2D eigenvalue weighted by molar-refractivity contribution is 5.32. The van der Waals surface area contributed by atoms with E-state index in [9.17, 15) is 4.39 Å². The standard InChI is InChI=1S/C16H22FN5/c1-12-19-16(11-21(2)14-6-8-18-9-7-14)22(20-12)15-5-3-4-13(17)10-15/h3-5,10,14,18H,6-9,11H2,1-2H3. The van der Waals surface area contributed by atoms with Crippen molar-refractivity contribution in [3.63, 3.8) is 0 Å². The maximum atomic E-state index is 13.5. The summed E-state index contributed by atoms with van der Waals surface area (Å²) < 4.78 is 15.2. The fraction of sp³-hybridized carbons (Fsp3) is 0.500. The molecule has 1 aromatic carbocycles. The molecule has 0 radical (unpaired) electrons. The molecule has 0 aliphatic carbocycles. The number of rotatable bonds is 4. The van der Waals surface area contributed by atoms with Crippen molar-refractivity contribution < 1.29 is 4.39 Å². The molecule has 1 N–H and O–H groups in total. The maximum absolute atomic E-state index is 13.5. The van der Waals surface area contributed by atoms with E-state index in [1.807, 2.05) is 13.0 Å². The van der Waals surface area contributed by atoms with Crippen LogP contribution in [0.2, 0.25) is 0 Å². The van der Waals surface area contributed by atoms with Gasteiger partial charge in [-0.05, 0) is 58.1 Å². The van der Waals surface area contributed by atoms with Gasteiger partial charge in [-0.1, -0.05) is 6.07 Å². The molecular weight excluding hydrogens is 281 g/mol. The third kappa shape index (κ3) is 3.34. The fourth-order valence-corrected chi connectivity index (χ4v) is 2.98. The Morgan fingerprint density at radius 1 is 1.36 bits per heavy atom. The van der Waals surface area contributed by atoms with Gasteiger partial charge in [0.2, 0.25) is 0 Å². The first-order valence-electron chi connectivity index (χ1n) is 7.73. The first kappa shape index (κ1) is 15.1. The zero-order valence-corrected chi connectivity index (χ0v) is 13.1. The van der Waals surface area contributed by atoms with Crippen molar-refractivity contribution in [1.82, 2.24) is 25.0 Å². The Labute approximate surface area is 130 Å². The van der Waals surface area contributed by atoms with E-state index in [2.05, 4.69) is 27.3 Å². The van der Waals surface area contributed by atoms with E-state index < -0.39 is 0 Å². The van der Waals surface area contributed by atoms with Crippen LogP contribution in [0.1, 0.15) is 24.5 Å². The quantitative estimate of drug-likeness (QED) is 0.937. The Kier molecular flexibility index (Phi) is 4.49. The minimum Gasteiger partial charge on any atom is -0.317 e. The highest BCUT2D eigenvalue weighted by Crippen LogP contribution is 2.16. The molecule has 22 heavy (non-hydrogen) atoms. The summed E-state index contributed by atoms with van der Waals surface area (Å²) in [6.07, 6.45) is 2.28. The summed E-state index contributed by atoms with van der Waals surface area (Å²) in [4.78, 5) is 6.84. The normalized spacial score (nSPS) is 16.4. The first-order valence-corrected chi connectivity index (χ1v) is 7.73. The largest absolute Gasteiger partial charge is 0.317 e. The van der Waals surface area contributed by atoms with Crippen LogP contribution in [0.25, 0.3) is 5.69 Å². The zero-order chi connectivity index (χ0) is 15.5. The number of aryl methyl sites for hydroxylation is 1. The monoisotopic (exact) mass is 303 g/mol. The molecule has 3 rings (SSSR count). The van der Waals surface area contributed by atoms with Gasteiger partial charge >= 0.3 is 0 Å². The van der Waals surface area contributed by atoms with Gasteiger partial charge in [0.05, 0.1) is 12.2 Å². The van der Waals surface area contributed by atoms with E-state index in [1.54, 1.807) is 10.7 Å². The average Bonchev–Trinajstić information content (AvgIpc) is 2.89. The van der Waals surface area contributed by atoms with Crippen LogP contribution in [-0.2, 0) is 6.54 Å². The van der Waals surface area contributed by atoms with Gasteiger partial charge < -0.3 is 5.32 Å². The molecule has 1 aliphatic rings. The molecule has 5 nitrogen and oxygen atoms in total. The number of aromatic nitrogens is 3. The molecule has 6 heteroatoms. The topological polar surface area (TPSA) is 46.0 Å². The second-order valence-corrected chi connectivity index (χ2v) is 5.86. The first-order chi connectivity index (χ1) is 10.6. The van der Waals surface area contributed by atoms with Crippen LogP contribution in [0.4, 0.5) is 4.39 Å². The SMILES string of the molecule is Cc1nc(CN(C)C2CCNCC2)n(-c2cccc(F)c2)n1. The molecule has 0 atom stereocenters. The summed E-state index contributed by atoms with van der Waals surface area (Å²) in [5.74, 6) is 1.30. The number of hydrogen-bond donors (Lipinski definition) is 1. The number of halogens is 1. The summed E-state index contributed by atoms with van der Waals surface area (Å²) in [6, 6.07) is 7.03. The van der Waals surface area contributed by atoms with E-state index in [-0.39, 0.29) is 5.82 Å². The number of nitrogens with zero attached hydrogens (tertiary/aromatic N) is 4. The molecule has 118 valence electrons. The predicted molar refractivity (Wildman–Crippen MR) is 83.4 cm³/mol. The second kappa shape index (κ2) is 6.54. The van der Waals surface area contributed by atoms with Gasteiger partial charge in [0, 0.05) is 6.04 Å². The third-order valence-corrected chi connectivity index (χ3v) is 4.16. The Balaban J connectivity index is 1.82.